The lowest BCUT2D eigenvalue weighted by Gasteiger charge is -2.34. The van der Waals surface area contributed by atoms with E-state index in [0.717, 1.165) is 0 Å². The molecule has 0 radical (unpaired) electrons. The number of hydrogen-bond donors (Lipinski definition) is 0. The van der Waals surface area contributed by atoms with Crippen LogP contribution in [0.2, 0.25) is 0 Å². The van der Waals surface area contributed by atoms with Gasteiger partial charge in [-0.3, -0.25) is 0 Å². The molecule has 0 amide bonds. The predicted octanol–water partition coefficient (Wildman–Crippen LogP) is 2.12. The van der Waals surface area contributed by atoms with E-state index in [1.807, 2.05) is 27.7 Å². The lowest BCUT2D eigenvalue weighted by molar-refractivity contribution is -0.0793. The molecule has 1 rings (SSSR count). The lowest BCUT2D eigenvalue weighted by Crippen LogP contribution is -2.50. The minimum absolute atomic E-state index is 0.375. The smallest absolute Gasteiger partial charge is 0.424 e. The van der Waals surface area contributed by atoms with Crippen molar-refractivity contribution in [3.05, 3.63) is 0 Å². The predicted molar refractivity (Wildman–Crippen MR) is 51.2 cm³/mol. The molecule has 0 aromatic heterocycles. The van der Waals surface area contributed by atoms with Gasteiger partial charge in [0.25, 0.3) is 0 Å². The van der Waals surface area contributed by atoms with Crippen LogP contribution in [0.1, 0.15) is 34.1 Å². The van der Waals surface area contributed by atoms with Crippen molar-refractivity contribution in [3.8, 4) is 0 Å². The Bertz CT molecular complexity index is 228. The summed E-state index contributed by atoms with van der Waals surface area (Å²) in [6.45, 7) is 8.57. The molecule has 1 aliphatic rings. The summed E-state index contributed by atoms with van der Waals surface area (Å²) in [4.78, 5) is 11.1. The lowest BCUT2D eigenvalue weighted by atomic mass is 9.84. The third-order valence-corrected chi connectivity index (χ3v) is 2.99. The van der Waals surface area contributed by atoms with Gasteiger partial charge in [0.15, 0.2) is 11.2 Å². The normalized spacial score (nSPS) is 36.7. The highest BCUT2D eigenvalue weighted by Gasteiger charge is 2.56. The van der Waals surface area contributed by atoms with Gasteiger partial charge in [-0.05, 0) is 27.2 Å². The van der Waals surface area contributed by atoms with Gasteiger partial charge in [0.1, 0.15) is 0 Å². The fourth-order valence-electron chi connectivity index (χ4n) is 1.53. The van der Waals surface area contributed by atoms with Crippen LogP contribution >= 0.6 is 0 Å². The van der Waals surface area contributed by atoms with Crippen LogP contribution in [-0.4, -0.2) is 30.6 Å². The van der Waals surface area contributed by atoms with E-state index in [-0.39, 0.29) is 0 Å². The van der Waals surface area contributed by atoms with Crippen molar-refractivity contribution in [2.45, 2.75) is 45.3 Å². The van der Waals surface area contributed by atoms with E-state index >= 15 is 0 Å². The summed E-state index contributed by atoms with van der Waals surface area (Å²) in [7, 11) is 0. The highest BCUT2D eigenvalue weighted by molar-refractivity contribution is 5.64. The van der Waals surface area contributed by atoms with E-state index in [2.05, 4.69) is 0 Å². The van der Waals surface area contributed by atoms with Crippen LogP contribution in [0.4, 0.5) is 4.79 Å². The number of cyclic esters (lactones) is 2. The Balaban J connectivity index is 2.78. The molecule has 0 spiro atoms. The van der Waals surface area contributed by atoms with Crippen LogP contribution in [-0.2, 0) is 14.2 Å². The van der Waals surface area contributed by atoms with Gasteiger partial charge in [0.2, 0.25) is 0 Å². The van der Waals surface area contributed by atoms with E-state index in [0.29, 0.717) is 19.6 Å². The van der Waals surface area contributed by atoms with Crippen LogP contribution in [0.25, 0.3) is 0 Å². The van der Waals surface area contributed by atoms with E-state index in [9.17, 15) is 4.79 Å². The average Bonchev–Trinajstić information content (AvgIpc) is 2.35. The first-order chi connectivity index (χ1) is 6.47. The van der Waals surface area contributed by atoms with Crippen LogP contribution < -0.4 is 0 Å². The molecule has 2 unspecified atom stereocenters. The van der Waals surface area contributed by atoms with Gasteiger partial charge in [-0.2, -0.15) is 0 Å². The van der Waals surface area contributed by atoms with Gasteiger partial charge >= 0.3 is 6.16 Å². The zero-order valence-corrected chi connectivity index (χ0v) is 9.25. The average molecular weight is 202 g/mol. The number of rotatable bonds is 4. The minimum Gasteiger partial charge on any atom is -0.424 e. The first kappa shape index (κ1) is 11.3. The Kier molecular flexibility index (Phi) is 3.04. The number of carbonyl (C=O) groups is 1. The van der Waals surface area contributed by atoms with Gasteiger partial charge in [-0.25, -0.2) is 4.79 Å². The van der Waals surface area contributed by atoms with E-state index in [4.69, 9.17) is 14.2 Å². The Hall–Kier alpha value is -0.770. The second-order valence-electron chi connectivity index (χ2n) is 3.91. The maximum Gasteiger partial charge on any atom is 0.509 e. The maximum atomic E-state index is 11.1. The fraction of sp³-hybridized carbons (Fsp3) is 0.900. The van der Waals surface area contributed by atoms with Gasteiger partial charge in [0.05, 0.1) is 6.61 Å². The zero-order chi connectivity index (χ0) is 10.8. The maximum absolute atomic E-state index is 11.1. The number of hydrogen-bond acceptors (Lipinski definition) is 4. The van der Waals surface area contributed by atoms with Gasteiger partial charge in [-0.15, -0.1) is 0 Å². The van der Waals surface area contributed by atoms with Crippen LogP contribution in [0.15, 0.2) is 0 Å². The van der Waals surface area contributed by atoms with Crippen molar-refractivity contribution in [1.29, 1.82) is 0 Å². The van der Waals surface area contributed by atoms with Crippen molar-refractivity contribution in [3.63, 3.8) is 0 Å². The van der Waals surface area contributed by atoms with Gasteiger partial charge < -0.3 is 14.2 Å². The topological polar surface area (TPSA) is 44.8 Å². The van der Waals surface area contributed by atoms with E-state index < -0.39 is 17.4 Å². The largest absolute Gasteiger partial charge is 0.509 e. The number of carbonyl (C=O) groups excluding carboxylic acids is 1. The number of ether oxygens (including phenoxy) is 3. The Morgan fingerprint density at radius 3 is 2.29 bits per heavy atom. The summed E-state index contributed by atoms with van der Waals surface area (Å²) in [5.74, 6) is 0. The molecule has 1 saturated heterocycles. The molecular weight excluding hydrogens is 184 g/mol. The fourth-order valence-corrected chi connectivity index (χ4v) is 1.53. The first-order valence-electron chi connectivity index (χ1n) is 4.97. The molecule has 4 nitrogen and oxygen atoms in total. The summed E-state index contributed by atoms with van der Waals surface area (Å²) in [5.41, 5.74) is -1.26. The highest BCUT2D eigenvalue weighted by atomic mass is 16.8. The zero-order valence-electron chi connectivity index (χ0n) is 9.25. The molecule has 0 N–H and O–H groups in total. The van der Waals surface area contributed by atoms with Crippen LogP contribution in [0, 0.1) is 0 Å². The molecule has 0 aromatic rings. The second-order valence-corrected chi connectivity index (χ2v) is 3.91. The van der Waals surface area contributed by atoms with Crippen molar-refractivity contribution >= 4 is 6.16 Å². The Labute approximate surface area is 84.5 Å². The molecule has 2 atom stereocenters. The quantitative estimate of drug-likeness (QED) is 0.655. The third kappa shape index (κ3) is 1.71. The molecule has 4 heteroatoms. The molecule has 1 heterocycles. The standard InChI is InChI=1S/C10H18O4/c1-5-9(3)10(4,7-12-6-2)14-8(11)13-9/h5-7H2,1-4H3. The van der Waals surface area contributed by atoms with Crippen molar-refractivity contribution < 1.29 is 19.0 Å². The summed E-state index contributed by atoms with van der Waals surface area (Å²) in [6.07, 6.45) is 0.110. The van der Waals surface area contributed by atoms with Crippen molar-refractivity contribution in [1.82, 2.24) is 0 Å². The highest BCUT2D eigenvalue weighted by Crippen LogP contribution is 2.39. The SMILES string of the molecule is CCOCC1(C)OC(=O)OC1(C)CC. The Morgan fingerprint density at radius 1 is 1.21 bits per heavy atom. The third-order valence-electron chi connectivity index (χ3n) is 2.99. The second kappa shape index (κ2) is 3.77. The summed E-state index contributed by atoms with van der Waals surface area (Å²) in [6, 6.07) is 0. The molecule has 0 bridgehead atoms. The van der Waals surface area contributed by atoms with E-state index in [1.54, 1.807) is 0 Å². The molecule has 1 aliphatic heterocycles. The molecule has 1 fully saturated rings. The summed E-state index contributed by atoms with van der Waals surface area (Å²) >= 11 is 0. The summed E-state index contributed by atoms with van der Waals surface area (Å²) in [5, 5.41) is 0. The van der Waals surface area contributed by atoms with Gasteiger partial charge in [0, 0.05) is 6.61 Å². The van der Waals surface area contributed by atoms with Crippen molar-refractivity contribution in [2.75, 3.05) is 13.2 Å². The molecule has 0 aromatic carbocycles. The minimum atomic E-state index is -0.672. The monoisotopic (exact) mass is 202 g/mol. The van der Waals surface area contributed by atoms with Crippen LogP contribution in [0.3, 0.4) is 0 Å². The molecule has 82 valence electrons. The molecule has 0 aliphatic carbocycles. The van der Waals surface area contributed by atoms with Gasteiger partial charge in [-0.1, -0.05) is 6.92 Å². The Morgan fingerprint density at radius 2 is 1.79 bits per heavy atom. The van der Waals surface area contributed by atoms with Crippen LogP contribution in [0.5, 0.6) is 0 Å². The van der Waals surface area contributed by atoms with E-state index in [1.165, 1.54) is 0 Å². The first-order valence-corrected chi connectivity index (χ1v) is 4.97. The molecular formula is C10H18O4. The molecule has 0 saturated carbocycles. The van der Waals surface area contributed by atoms with Crippen molar-refractivity contribution in [2.24, 2.45) is 0 Å². The molecule has 14 heavy (non-hydrogen) atoms. The summed E-state index contributed by atoms with van der Waals surface area (Å²) < 4.78 is 15.6.